The summed E-state index contributed by atoms with van der Waals surface area (Å²) in [5, 5.41) is 10.4. The molecule has 0 aliphatic carbocycles. The monoisotopic (exact) mass is 229 g/mol. The van der Waals surface area contributed by atoms with Crippen molar-refractivity contribution in [3.63, 3.8) is 0 Å². The smallest absolute Gasteiger partial charge is 0.148 e. The third-order valence-corrected chi connectivity index (χ3v) is 2.74. The van der Waals surface area contributed by atoms with Gasteiger partial charge in [0.1, 0.15) is 5.82 Å². The molecular formula is C14H19N3. The molecule has 3 heteroatoms. The van der Waals surface area contributed by atoms with Crippen molar-refractivity contribution in [2.24, 2.45) is 0 Å². The predicted molar refractivity (Wildman–Crippen MR) is 72.2 cm³/mol. The molecule has 3 nitrogen and oxygen atoms in total. The molecule has 0 amide bonds. The molecule has 0 aliphatic heterocycles. The number of hydrogen-bond acceptors (Lipinski definition) is 2. The summed E-state index contributed by atoms with van der Waals surface area (Å²) < 4.78 is 0. The average Bonchev–Trinajstić information content (AvgIpc) is 2.80. The summed E-state index contributed by atoms with van der Waals surface area (Å²) in [7, 11) is 0. The number of aromatic nitrogens is 2. The van der Waals surface area contributed by atoms with Crippen LogP contribution in [0.15, 0.2) is 30.3 Å². The zero-order chi connectivity index (χ0) is 12.1. The van der Waals surface area contributed by atoms with Gasteiger partial charge in [-0.05, 0) is 24.5 Å². The first-order chi connectivity index (χ1) is 8.33. The third-order valence-electron chi connectivity index (χ3n) is 2.74. The normalized spacial score (nSPS) is 10.5. The van der Waals surface area contributed by atoms with Gasteiger partial charge in [-0.3, -0.25) is 5.10 Å². The fourth-order valence-electron chi connectivity index (χ4n) is 1.88. The lowest BCUT2D eigenvalue weighted by Crippen LogP contribution is -1.95. The van der Waals surface area contributed by atoms with Crippen LogP contribution in [0.1, 0.15) is 25.8 Å². The maximum atomic E-state index is 4.20. The van der Waals surface area contributed by atoms with E-state index in [9.17, 15) is 0 Å². The van der Waals surface area contributed by atoms with E-state index in [1.54, 1.807) is 0 Å². The van der Waals surface area contributed by atoms with Crippen molar-refractivity contribution < 1.29 is 0 Å². The maximum absolute atomic E-state index is 4.20. The first kappa shape index (κ1) is 11.7. The topological polar surface area (TPSA) is 40.7 Å². The van der Waals surface area contributed by atoms with Crippen LogP contribution in [0.2, 0.25) is 0 Å². The maximum Gasteiger partial charge on any atom is 0.148 e. The molecule has 0 unspecified atom stereocenters. The molecule has 0 radical (unpaired) electrons. The highest BCUT2D eigenvalue weighted by molar-refractivity contribution is 5.62. The zero-order valence-electron chi connectivity index (χ0n) is 10.5. The minimum Gasteiger partial charge on any atom is -0.369 e. The van der Waals surface area contributed by atoms with Gasteiger partial charge in [-0.2, -0.15) is 5.10 Å². The van der Waals surface area contributed by atoms with Gasteiger partial charge in [-0.15, -0.1) is 0 Å². The minimum atomic E-state index is 0.889. The van der Waals surface area contributed by atoms with Crippen molar-refractivity contribution in [3.8, 4) is 11.3 Å². The lowest BCUT2D eigenvalue weighted by molar-refractivity contribution is 0.922. The molecule has 1 aromatic heterocycles. The van der Waals surface area contributed by atoms with Crippen molar-refractivity contribution in [3.05, 3.63) is 35.9 Å². The average molecular weight is 229 g/mol. The van der Waals surface area contributed by atoms with E-state index in [0.29, 0.717) is 0 Å². The largest absolute Gasteiger partial charge is 0.369 e. The standard InChI is InChI=1S/C14H19N3/c1-3-5-11-6-8-12(9-7-11)13-10-14(15-4-2)17-16-13/h6-10H,3-5H2,1-2H3,(H2,15,16,17). The third kappa shape index (κ3) is 2.87. The number of aryl methyl sites for hydroxylation is 1. The summed E-state index contributed by atoms with van der Waals surface area (Å²) >= 11 is 0. The molecule has 90 valence electrons. The van der Waals surface area contributed by atoms with Crippen molar-refractivity contribution >= 4 is 5.82 Å². The van der Waals surface area contributed by atoms with E-state index in [0.717, 1.165) is 24.5 Å². The van der Waals surface area contributed by atoms with Crippen molar-refractivity contribution in [2.75, 3.05) is 11.9 Å². The van der Waals surface area contributed by atoms with Gasteiger partial charge in [0, 0.05) is 12.6 Å². The van der Waals surface area contributed by atoms with Gasteiger partial charge in [-0.25, -0.2) is 0 Å². The van der Waals surface area contributed by atoms with Gasteiger partial charge in [0.25, 0.3) is 0 Å². The number of H-pyrrole nitrogens is 1. The van der Waals surface area contributed by atoms with E-state index in [1.165, 1.54) is 17.5 Å². The van der Waals surface area contributed by atoms with Crippen LogP contribution in [0.4, 0.5) is 5.82 Å². The molecule has 0 saturated heterocycles. The summed E-state index contributed by atoms with van der Waals surface area (Å²) in [6.45, 7) is 5.15. The molecule has 0 aliphatic rings. The number of hydrogen-bond donors (Lipinski definition) is 2. The summed E-state index contributed by atoms with van der Waals surface area (Å²) in [5.74, 6) is 0.903. The van der Waals surface area contributed by atoms with Crippen LogP contribution in [-0.4, -0.2) is 16.7 Å². The van der Waals surface area contributed by atoms with E-state index < -0.39 is 0 Å². The fourth-order valence-corrected chi connectivity index (χ4v) is 1.88. The number of nitrogens with one attached hydrogen (secondary N) is 2. The first-order valence-corrected chi connectivity index (χ1v) is 6.22. The van der Waals surface area contributed by atoms with Gasteiger partial charge in [0.05, 0.1) is 5.69 Å². The van der Waals surface area contributed by atoms with E-state index in [1.807, 2.05) is 6.07 Å². The minimum absolute atomic E-state index is 0.889. The first-order valence-electron chi connectivity index (χ1n) is 6.22. The van der Waals surface area contributed by atoms with Crippen LogP contribution >= 0.6 is 0 Å². The Labute approximate surface area is 102 Å². The molecule has 2 rings (SSSR count). The molecule has 2 aromatic rings. The molecule has 1 heterocycles. The predicted octanol–water partition coefficient (Wildman–Crippen LogP) is 3.46. The van der Waals surface area contributed by atoms with Gasteiger partial charge >= 0.3 is 0 Å². The van der Waals surface area contributed by atoms with E-state index in [-0.39, 0.29) is 0 Å². The Morgan fingerprint density at radius 2 is 1.94 bits per heavy atom. The Kier molecular flexibility index (Phi) is 3.81. The van der Waals surface area contributed by atoms with Crippen LogP contribution in [0.3, 0.4) is 0 Å². The highest BCUT2D eigenvalue weighted by Gasteiger charge is 2.02. The fraction of sp³-hybridized carbons (Fsp3) is 0.357. The van der Waals surface area contributed by atoms with Crippen LogP contribution < -0.4 is 5.32 Å². The van der Waals surface area contributed by atoms with Crippen molar-refractivity contribution in [1.29, 1.82) is 0 Å². The van der Waals surface area contributed by atoms with Crippen LogP contribution in [0.5, 0.6) is 0 Å². The van der Waals surface area contributed by atoms with Gasteiger partial charge in [0.15, 0.2) is 0 Å². The van der Waals surface area contributed by atoms with E-state index in [4.69, 9.17) is 0 Å². The summed E-state index contributed by atoms with van der Waals surface area (Å²) in [5.41, 5.74) is 3.63. The lowest BCUT2D eigenvalue weighted by Gasteiger charge is -2.00. The molecule has 0 bridgehead atoms. The van der Waals surface area contributed by atoms with E-state index in [2.05, 4.69) is 53.6 Å². The number of benzene rings is 1. The summed E-state index contributed by atoms with van der Waals surface area (Å²) in [4.78, 5) is 0. The lowest BCUT2D eigenvalue weighted by atomic mass is 10.1. The molecule has 1 aromatic carbocycles. The Morgan fingerprint density at radius 1 is 1.18 bits per heavy atom. The zero-order valence-corrected chi connectivity index (χ0v) is 10.5. The van der Waals surface area contributed by atoms with Crippen LogP contribution in [-0.2, 0) is 6.42 Å². The van der Waals surface area contributed by atoms with Gasteiger partial charge in [-0.1, -0.05) is 37.6 Å². The van der Waals surface area contributed by atoms with Gasteiger partial charge in [0.2, 0.25) is 0 Å². The highest BCUT2D eigenvalue weighted by Crippen LogP contribution is 2.20. The molecule has 2 N–H and O–H groups in total. The quantitative estimate of drug-likeness (QED) is 0.824. The Hall–Kier alpha value is -1.77. The SMILES string of the molecule is CCCc1ccc(-c2cc(NCC)n[nH]2)cc1. The molecule has 0 saturated carbocycles. The Bertz CT molecular complexity index is 457. The van der Waals surface area contributed by atoms with Crippen LogP contribution in [0, 0.1) is 0 Å². The second-order valence-corrected chi connectivity index (χ2v) is 4.14. The molecule has 0 spiro atoms. The number of anilines is 1. The Morgan fingerprint density at radius 3 is 2.59 bits per heavy atom. The molecule has 0 fully saturated rings. The molecule has 17 heavy (non-hydrogen) atoms. The van der Waals surface area contributed by atoms with Crippen molar-refractivity contribution in [2.45, 2.75) is 26.7 Å². The number of rotatable bonds is 5. The highest BCUT2D eigenvalue weighted by atomic mass is 15.2. The Balaban J connectivity index is 2.15. The number of aromatic amines is 1. The van der Waals surface area contributed by atoms with Crippen molar-refractivity contribution in [1.82, 2.24) is 10.2 Å². The van der Waals surface area contributed by atoms with Crippen LogP contribution in [0.25, 0.3) is 11.3 Å². The molecular weight excluding hydrogens is 210 g/mol. The second kappa shape index (κ2) is 5.53. The summed E-state index contributed by atoms with van der Waals surface area (Å²) in [6.07, 6.45) is 2.33. The number of nitrogens with zero attached hydrogens (tertiary/aromatic N) is 1. The van der Waals surface area contributed by atoms with E-state index >= 15 is 0 Å². The summed E-state index contributed by atoms with van der Waals surface area (Å²) in [6, 6.07) is 10.7. The van der Waals surface area contributed by atoms with Gasteiger partial charge < -0.3 is 5.32 Å². The molecule has 0 atom stereocenters. The second-order valence-electron chi connectivity index (χ2n) is 4.14.